The maximum absolute atomic E-state index is 12.3. The molecule has 5 nitrogen and oxygen atoms in total. The van der Waals surface area contributed by atoms with Gasteiger partial charge in [0.2, 0.25) is 0 Å². The van der Waals surface area contributed by atoms with Crippen molar-refractivity contribution >= 4 is 35.3 Å². The highest BCUT2D eigenvalue weighted by molar-refractivity contribution is 7.12. The lowest BCUT2D eigenvalue weighted by molar-refractivity contribution is 0.102. The molecular weight excluding hydrogens is 324 g/mol. The van der Waals surface area contributed by atoms with E-state index in [1.54, 1.807) is 13.2 Å². The molecule has 2 N–H and O–H groups in total. The first-order valence-electron chi connectivity index (χ1n) is 6.67. The molecule has 1 amide bonds. The van der Waals surface area contributed by atoms with Gasteiger partial charge in [-0.2, -0.15) is 0 Å². The number of fused-ring (bicyclic) bond motifs is 1. The van der Waals surface area contributed by atoms with Crippen molar-refractivity contribution in [2.75, 3.05) is 25.6 Å². The van der Waals surface area contributed by atoms with Gasteiger partial charge >= 0.3 is 0 Å². The van der Waals surface area contributed by atoms with E-state index in [2.05, 4.69) is 10.6 Å². The second-order valence-corrected chi connectivity index (χ2v) is 5.54. The maximum atomic E-state index is 12.3. The lowest BCUT2D eigenvalue weighted by atomic mass is 10.1. The molecule has 0 radical (unpaired) electrons. The average molecular weight is 341 g/mol. The van der Waals surface area contributed by atoms with Crippen LogP contribution in [0.2, 0.25) is 0 Å². The van der Waals surface area contributed by atoms with Crippen molar-refractivity contribution in [2.24, 2.45) is 0 Å². The Morgan fingerprint density at radius 2 is 2.27 bits per heavy atom. The fourth-order valence-corrected chi connectivity index (χ4v) is 2.96. The van der Waals surface area contributed by atoms with E-state index in [-0.39, 0.29) is 18.3 Å². The number of amides is 1. The van der Waals surface area contributed by atoms with Gasteiger partial charge < -0.3 is 20.1 Å². The van der Waals surface area contributed by atoms with Gasteiger partial charge in [0.1, 0.15) is 23.0 Å². The van der Waals surface area contributed by atoms with Crippen LogP contribution >= 0.6 is 23.7 Å². The zero-order valence-corrected chi connectivity index (χ0v) is 13.7. The van der Waals surface area contributed by atoms with Crippen molar-refractivity contribution in [3.05, 3.63) is 40.1 Å². The van der Waals surface area contributed by atoms with E-state index >= 15 is 0 Å². The largest absolute Gasteiger partial charge is 0.495 e. The molecular formula is C15H17ClN2O3S. The highest BCUT2D eigenvalue weighted by Crippen LogP contribution is 2.27. The Labute approximate surface area is 139 Å². The minimum Gasteiger partial charge on any atom is -0.495 e. The molecule has 1 aliphatic heterocycles. The van der Waals surface area contributed by atoms with E-state index in [9.17, 15) is 4.79 Å². The number of carbonyl (C=O) groups excluding carboxylic acids is 1. The molecule has 1 aromatic heterocycles. The van der Waals surface area contributed by atoms with E-state index in [1.165, 1.54) is 11.3 Å². The number of methoxy groups -OCH3 is 1. The van der Waals surface area contributed by atoms with E-state index in [4.69, 9.17) is 9.47 Å². The smallest absolute Gasteiger partial charge is 0.269 e. The van der Waals surface area contributed by atoms with Gasteiger partial charge in [0.15, 0.2) is 0 Å². The Balaban J connectivity index is 0.00000176. The van der Waals surface area contributed by atoms with Gasteiger partial charge in [-0.15, -0.1) is 23.7 Å². The van der Waals surface area contributed by atoms with Crippen molar-refractivity contribution in [3.63, 3.8) is 0 Å². The molecule has 118 valence electrons. The number of benzene rings is 1. The standard InChI is InChI=1S/C15H16N2O3S.ClH/c1-19-13-4-7-21-14(13)15(18)17-11-2-3-12-10(8-11)9-16-5-6-20-12;/h2-4,7-8,16H,5-6,9H2,1H3,(H,17,18);1H. The third-order valence-electron chi connectivity index (χ3n) is 3.23. The molecule has 0 unspecified atom stereocenters. The summed E-state index contributed by atoms with van der Waals surface area (Å²) in [6, 6.07) is 7.46. The van der Waals surface area contributed by atoms with Gasteiger partial charge in [-0.1, -0.05) is 0 Å². The topological polar surface area (TPSA) is 59.6 Å². The second-order valence-electron chi connectivity index (χ2n) is 4.62. The fourth-order valence-electron chi connectivity index (χ4n) is 2.20. The van der Waals surface area contributed by atoms with Crippen LogP contribution in [0.25, 0.3) is 0 Å². The Kier molecular flexibility index (Phi) is 5.65. The van der Waals surface area contributed by atoms with E-state index in [0.29, 0.717) is 17.2 Å². The van der Waals surface area contributed by atoms with Gasteiger partial charge in [0, 0.05) is 24.3 Å². The third kappa shape index (κ3) is 3.52. The summed E-state index contributed by atoms with van der Waals surface area (Å²) in [6.45, 7) is 2.22. The first kappa shape index (κ1) is 16.6. The van der Waals surface area contributed by atoms with Gasteiger partial charge in [-0.05, 0) is 29.6 Å². The summed E-state index contributed by atoms with van der Waals surface area (Å²) in [5.74, 6) is 1.30. The summed E-state index contributed by atoms with van der Waals surface area (Å²) in [5.41, 5.74) is 1.80. The summed E-state index contributed by atoms with van der Waals surface area (Å²) < 4.78 is 10.8. The number of rotatable bonds is 3. The van der Waals surface area contributed by atoms with Crippen molar-refractivity contribution < 1.29 is 14.3 Å². The minimum absolute atomic E-state index is 0. The number of hydrogen-bond acceptors (Lipinski definition) is 5. The summed E-state index contributed by atoms with van der Waals surface area (Å²) in [6.07, 6.45) is 0. The SMILES string of the molecule is COc1ccsc1C(=O)Nc1ccc2c(c1)CNCCO2.Cl. The molecule has 0 saturated carbocycles. The number of ether oxygens (including phenoxy) is 2. The first-order valence-corrected chi connectivity index (χ1v) is 7.55. The Bertz CT molecular complexity index is 660. The fraction of sp³-hybridized carbons (Fsp3) is 0.267. The molecule has 0 spiro atoms. The lowest BCUT2D eigenvalue weighted by Crippen LogP contribution is -2.16. The monoisotopic (exact) mass is 340 g/mol. The summed E-state index contributed by atoms with van der Waals surface area (Å²) >= 11 is 1.36. The molecule has 2 aromatic rings. The van der Waals surface area contributed by atoms with Crippen molar-refractivity contribution in [3.8, 4) is 11.5 Å². The molecule has 0 atom stereocenters. The predicted octanol–water partition coefficient (Wildman–Crippen LogP) is 2.91. The van der Waals surface area contributed by atoms with E-state index < -0.39 is 0 Å². The van der Waals surface area contributed by atoms with Crippen molar-refractivity contribution in [2.45, 2.75) is 6.54 Å². The normalized spacial score (nSPS) is 13.1. The Morgan fingerprint density at radius 1 is 1.41 bits per heavy atom. The molecule has 3 rings (SSSR count). The van der Waals surface area contributed by atoms with Gasteiger partial charge in [-0.25, -0.2) is 0 Å². The van der Waals surface area contributed by atoms with Crippen molar-refractivity contribution in [1.82, 2.24) is 5.32 Å². The van der Waals surface area contributed by atoms with Crippen LogP contribution in [0.15, 0.2) is 29.6 Å². The van der Waals surface area contributed by atoms with Crippen LogP contribution in [0, 0.1) is 0 Å². The molecule has 1 aromatic carbocycles. The Morgan fingerprint density at radius 3 is 3.09 bits per heavy atom. The number of carbonyl (C=O) groups is 1. The average Bonchev–Trinajstić information content (AvgIpc) is 2.86. The van der Waals surface area contributed by atoms with E-state index in [1.807, 2.05) is 23.6 Å². The van der Waals surface area contributed by atoms with Gasteiger partial charge in [-0.3, -0.25) is 4.79 Å². The molecule has 0 saturated heterocycles. The van der Waals surface area contributed by atoms with Crippen LogP contribution in [0.4, 0.5) is 5.69 Å². The molecule has 1 aliphatic rings. The van der Waals surface area contributed by atoms with Crippen LogP contribution in [-0.4, -0.2) is 26.2 Å². The van der Waals surface area contributed by atoms with Crippen LogP contribution in [0.3, 0.4) is 0 Å². The van der Waals surface area contributed by atoms with Crippen LogP contribution in [-0.2, 0) is 6.54 Å². The summed E-state index contributed by atoms with van der Waals surface area (Å²) in [5, 5.41) is 8.01. The minimum atomic E-state index is -0.163. The third-order valence-corrected chi connectivity index (χ3v) is 4.12. The van der Waals surface area contributed by atoms with E-state index in [0.717, 1.165) is 30.1 Å². The number of thiophene rings is 1. The second kappa shape index (κ2) is 7.49. The Hall–Kier alpha value is -1.76. The van der Waals surface area contributed by atoms with Gasteiger partial charge in [0.25, 0.3) is 5.91 Å². The quantitative estimate of drug-likeness (QED) is 0.902. The summed E-state index contributed by atoms with van der Waals surface area (Å²) in [4.78, 5) is 12.8. The van der Waals surface area contributed by atoms with Crippen LogP contribution < -0.4 is 20.1 Å². The number of hydrogen-bond donors (Lipinski definition) is 2. The molecule has 0 aliphatic carbocycles. The lowest BCUT2D eigenvalue weighted by Gasteiger charge is -2.10. The molecule has 0 fully saturated rings. The molecule has 0 bridgehead atoms. The molecule has 7 heteroatoms. The number of halogens is 1. The number of nitrogens with one attached hydrogen (secondary N) is 2. The maximum Gasteiger partial charge on any atom is 0.269 e. The number of anilines is 1. The summed E-state index contributed by atoms with van der Waals surface area (Å²) in [7, 11) is 1.56. The zero-order valence-electron chi connectivity index (χ0n) is 12.0. The zero-order chi connectivity index (χ0) is 14.7. The van der Waals surface area contributed by atoms with Gasteiger partial charge in [0.05, 0.1) is 7.11 Å². The van der Waals surface area contributed by atoms with Crippen molar-refractivity contribution in [1.29, 1.82) is 0 Å². The van der Waals surface area contributed by atoms with Crippen LogP contribution in [0.5, 0.6) is 11.5 Å². The van der Waals surface area contributed by atoms with Crippen LogP contribution in [0.1, 0.15) is 15.2 Å². The highest BCUT2D eigenvalue weighted by Gasteiger charge is 2.15. The predicted molar refractivity (Wildman–Crippen MR) is 89.7 cm³/mol. The highest BCUT2D eigenvalue weighted by atomic mass is 35.5. The first-order chi connectivity index (χ1) is 10.3. The molecule has 22 heavy (non-hydrogen) atoms. The molecule has 2 heterocycles.